The zero-order valence-corrected chi connectivity index (χ0v) is 10.2. The van der Waals surface area contributed by atoms with Crippen molar-refractivity contribution in [1.82, 2.24) is 4.98 Å². The van der Waals surface area contributed by atoms with E-state index in [1.165, 1.54) is 12.3 Å². The minimum atomic E-state index is -1.03. The van der Waals surface area contributed by atoms with Gasteiger partial charge in [0.05, 0.1) is 18.5 Å². The summed E-state index contributed by atoms with van der Waals surface area (Å²) in [6, 6.07) is 1.59. The molecular weight excluding hydrogens is 234 g/mol. The molecule has 0 aliphatic carbocycles. The van der Waals surface area contributed by atoms with Crippen LogP contribution in [0.15, 0.2) is 12.3 Å². The van der Waals surface area contributed by atoms with Gasteiger partial charge in [-0.05, 0) is 18.4 Å². The Bertz CT molecular complexity index is 450. The number of pyridine rings is 1. The summed E-state index contributed by atoms with van der Waals surface area (Å²) in [7, 11) is 0. The molecule has 0 radical (unpaired) electrons. The van der Waals surface area contributed by atoms with Crippen LogP contribution in [0.4, 0.5) is 11.5 Å². The van der Waals surface area contributed by atoms with Crippen molar-refractivity contribution in [2.45, 2.75) is 19.4 Å². The predicted molar refractivity (Wildman–Crippen MR) is 67.6 cm³/mol. The normalized spacial score (nSPS) is 23.6. The Hall–Kier alpha value is -1.82. The number of hydrogen-bond acceptors (Lipinski definition) is 5. The van der Waals surface area contributed by atoms with Gasteiger partial charge in [0.1, 0.15) is 11.4 Å². The smallest absolute Gasteiger partial charge is 0.339 e. The van der Waals surface area contributed by atoms with E-state index in [4.69, 9.17) is 15.6 Å². The maximum atomic E-state index is 11.1. The number of nitrogens with one attached hydrogen (secondary N) is 1. The number of nitrogens with zero attached hydrogens (tertiary/aromatic N) is 1. The Balaban J connectivity index is 2.20. The van der Waals surface area contributed by atoms with E-state index in [0.29, 0.717) is 30.6 Å². The molecule has 0 spiro atoms. The summed E-state index contributed by atoms with van der Waals surface area (Å²) in [6.45, 7) is 3.42. The quantitative estimate of drug-likeness (QED) is 0.746. The van der Waals surface area contributed by atoms with E-state index in [1.54, 1.807) is 0 Å². The lowest BCUT2D eigenvalue weighted by atomic mass is 9.97. The Morgan fingerprint density at radius 2 is 2.44 bits per heavy atom. The number of ether oxygens (including phenoxy) is 1. The molecule has 1 aromatic rings. The Morgan fingerprint density at radius 3 is 3.11 bits per heavy atom. The van der Waals surface area contributed by atoms with Crippen LogP contribution in [-0.4, -0.2) is 35.3 Å². The van der Waals surface area contributed by atoms with E-state index >= 15 is 0 Å². The fraction of sp³-hybridized carbons (Fsp3) is 0.500. The van der Waals surface area contributed by atoms with Gasteiger partial charge >= 0.3 is 5.97 Å². The van der Waals surface area contributed by atoms with Crippen molar-refractivity contribution in [3.05, 3.63) is 17.8 Å². The number of rotatable bonds is 3. The Kier molecular flexibility index (Phi) is 3.66. The maximum Gasteiger partial charge on any atom is 0.339 e. The van der Waals surface area contributed by atoms with Crippen LogP contribution in [0, 0.1) is 5.92 Å². The number of aromatic carboxylic acids is 1. The summed E-state index contributed by atoms with van der Waals surface area (Å²) >= 11 is 0. The summed E-state index contributed by atoms with van der Waals surface area (Å²) in [5.41, 5.74) is 6.00. The van der Waals surface area contributed by atoms with Gasteiger partial charge in [-0.3, -0.25) is 0 Å². The van der Waals surface area contributed by atoms with Crippen LogP contribution in [0.25, 0.3) is 0 Å². The van der Waals surface area contributed by atoms with Gasteiger partial charge in [0.15, 0.2) is 0 Å². The molecule has 0 saturated carbocycles. The highest BCUT2D eigenvalue weighted by Crippen LogP contribution is 2.22. The molecule has 1 aliphatic rings. The SMILES string of the molecule is CC1COCCC1Nc1ncc(N)cc1C(=O)O. The molecule has 1 aromatic heterocycles. The zero-order chi connectivity index (χ0) is 13.1. The molecule has 18 heavy (non-hydrogen) atoms. The van der Waals surface area contributed by atoms with Crippen LogP contribution >= 0.6 is 0 Å². The van der Waals surface area contributed by atoms with Gasteiger partial charge in [-0.25, -0.2) is 9.78 Å². The van der Waals surface area contributed by atoms with E-state index in [1.807, 2.05) is 0 Å². The standard InChI is InChI=1S/C12H17N3O3/c1-7-6-18-3-2-10(7)15-11-9(12(16)17)4-8(13)5-14-11/h4-5,7,10H,2-3,6,13H2,1H3,(H,14,15)(H,16,17). The van der Waals surface area contributed by atoms with Crippen LogP contribution in [0.2, 0.25) is 0 Å². The van der Waals surface area contributed by atoms with Gasteiger partial charge in [0.25, 0.3) is 0 Å². The molecule has 0 bridgehead atoms. The van der Waals surface area contributed by atoms with E-state index in [-0.39, 0.29) is 11.6 Å². The van der Waals surface area contributed by atoms with Crippen molar-refractivity contribution in [3.63, 3.8) is 0 Å². The molecule has 0 aromatic carbocycles. The van der Waals surface area contributed by atoms with Gasteiger partial charge in [-0.2, -0.15) is 0 Å². The van der Waals surface area contributed by atoms with E-state index in [0.717, 1.165) is 6.42 Å². The van der Waals surface area contributed by atoms with Crippen molar-refractivity contribution in [3.8, 4) is 0 Å². The first-order chi connectivity index (χ1) is 8.58. The molecule has 1 fully saturated rings. The highest BCUT2D eigenvalue weighted by atomic mass is 16.5. The minimum Gasteiger partial charge on any atom is -0.478 e. The lowest BCUT2D eigenvalue weighted by Gasteiger charge is -2.30. The molecule has 1 aliphatic heterocycles. The summed E-state index contributed by atoms with van der Waals surface area (Å²) in [5, 5.41) is 12.3. The average Bonchev–Trinajstić information content (AvgIpc) is 2.34. The topological polar surface area (TPSA) is 97.5 Å². The highest BCUT2D eigenvalue weighted by molar-refractivity contribution is 5.94. The first-order valence-electron chi connectivity index (χ1n) is 5.91. The third-order valence-corrected chi connectivity index (χ3v) is 3.10. The summed E-state index contributed by atoms with van der Waals surface area (Å²) in [6.07, 6.45) is 2.30. The van der Waals surface area contributed by atoms with Crippen LogP contribution in [0.1, 0.15) is 23.7 Å². The molecule has 4 N–H and O–H groups in total. The highest BCUT2D eigenvalue weighted by Gasteiger charge is 2.24. The first kappa shape index (κ1) is 12.6. The Morgan fingerprint density at radius 1 is 1.67 bits per heavy atom. The van der Waals surface area contributed by atoms with Gasteiger partial charge < -0.3 is 20.9 Å². The number of carboxylic acid groups (broad SMARTS) is 1. The maximum absolute atomic E-state index is 11.1. The van der Waals surface area contributed by atoms with E-state index in [9.17, 15) is 4.79 Å². The van der Waals surface area contributed by atoms with Gasteiger partial charge in [-0.15, -0.1) is 0 Å². The average molecular weight is 251 g/mol. The molecule has 2 atom stereocenters. The van der Waals surface area contributed by atoms with Crippen LogP contribution < -0.4 is 11.1 Å². The van der Waals surface area contributed by atoms with Gasteiger partial charge in [0, 0.05) is 12.6 Å². The van der Waals surface area contributed by atoms with Crippen LogP contribution in [0.5, 0.6) is 0 Å². The van der Waals surface area contributed by atoms with Crippen molar-refractivity contribution in [2.24, 2.45) is 5.92 Å². The van der Waals surface area contributed by atoms with E-state index < -0.39 is 5.97 Å². The first-order valence-corrected chi connectivity index (χ1v) is 5.91. The number of aromatic nitrogens is 1. The summed E-state index contributed by atoms with van der Waals surface area (Å²) in [5.74, 6) is -0.341. The monoisotopic (exact) mass is 251 g/mol. The largest absolute Gasteiger partial charge is 0.478 e. The second-order valence-electron chi connectivity index (χ2n) is 4.56. The second kappa shape index (κ2) is 5.22. The summed E-state index contributed by atoms with van der Waals surface area (Å²) < 4.78 is 5.35. The number of anilines is 2. The fourth-order valence-corrected chi connectivity index (χ4v) is 2.03. The molecule has 2 heterocycles. The molecule has 2 rings (SSSR count). The fourth-order valence-electron chi connectivity index (χ4n) is 2.03. The second-order valence-corrected chi connectivity index (χ2v) is 4.56. The van der Waals surface area contributed by atoms with Crippen LogP contribution in [0.3, 0.4) is 0 Å². The lowest BCUT2D eigenvalue weighted by Crippen LogP contribution is -2.36. The lowest BCUT2D eigenvalue weighted by molar-refractivity contribution is 0.0536. The third kappa shape index (κ3) is 2.70. The molecule has 6 nitrogen and oxygen atoms in total. The van der Waals surface area contributed by atoms with Crippen LogP contribution in [-0.2, 0) is 4.74 Å². The predicted octanol–water partition coefficient (Wildman–Crippen LogP) is 1.20. The minimum absolute atomic E-state index is 0.105. The number of hydrogen-bond donors (Lipinski definition) is 3. The van der Waals surface area contributed by atoms with Gasteiger partial charge in [-0.1, -0.05) is 6.92 Å². The Labute approximate surface area is 105 Å². The number of nitrogen functional groups attached to an aromatic ring is 1. The molecular formula is C12H17N3O3. The number of carbonyl (C=O) groups is 1. The van der Waals surface area contributed by atoms with Crippen molar-refractivity contribution in [2.75, 3.05) is 24.3 Å². The van der Waals surface area contributed by atoms with Gasteiger partial charge in [0.2, 0.25) is 0 Å². The molecule has 0 amide bonds. The summed E-state index contributed by atoms with van der Waals surface area (Å²) in [4.78, 5) is 15.2. The molecule has 98 valence electrons. The molecule has 6 heteroatoms. The molecule has 1 saturated heterocycles. The van der Waals surface area contributed by atoms with E-state index in [2.05, 4.69) is 17.2 Å². The zero-order valence-electron chi connectivity index (χ0n) is 10.2. The van der Waals surface area contributed by atoms with Crippen molar-refractivity contribution >= 4 is 17.5 Å². The third-order valence-electron chi connectivity index (χ3n) is 3.10. The van der Waals surface area contributed by atoms with Crippen molar-refractivity contribution in [1.29, 1.82) is 0 Å². The van der Waals surface area contributed by atoms with Crippen molar-refractivity contribution < 1.29 is 14.6 Å². The molecule has 2 unspecified atom stereocenters. The number of carboxylic acids is 1. The number of nitrogens with two attached hydrogens (primary N) is 1.